The second-order valence-electron chi connectivity index (χ2n) is 6.19. The van der Waals surface area contributed by atoms with E-state index in [4.69, 9.17) is 0 Å². The van der Waals surface area contributed by atoms with Crippen LogP contribution in [0.3, 0.4) is 0 Å². The molecule has 0 spiro atoms. The summed E-state index contributed by atoms with van der Waals surface area (Å²) in [5.74, 6) is 1.71. The van der Waals surface area contributed by atoms with Crippen molar-refractivity contribution in [1.82, 2.24) is 5.32 Å². The van der Waals surface area contributed by atoms with Crippen LogP contribution in [0.4, 0.5) is 0 Å². The number of aryl methyl sites for hydroxylation is 1. The van der Waals surface area contributed by atoms with E-state index in [1.807, 2.05) is 42.5 Å². The zero-order valence-corrected chi connectivity index (χ0v) is 17.0. The monoisotopic (exact) mass is 393 g/mol. The third kappa shape index (κ3) is 6.19. The first-order valence-electron chi connectivity index (χ1n) is 8.96. The van der Waals surface area contributed by atoms with Gasteiger partial charge < -0.3 is 5.32 Å². The predicted octanol–water partition coefficient (Wildman–Crippen LogP) is 5.81. The van der Waals surface area contributed by atoms with Crippen molar-refractivity contribution in [2.45, 2.75) is 22.5 Å². The van der Waals surface area contributed by atoms with Crippen molar-refractivity contribution < 1.29 is 4.79 Å². The molecule has 138 valence electrons. The third-order valence-corrected chi connectivity index (χ3v) is 6.20. The lowest BCUT2D eigenvalue weighted by atomic mass is 10.2. The molecule has 3 aromatic carbocycles. The number of amides is 1. The molecule has 0 saturated heterocycles. The standard InChI is InChI=1S/C23H23NOS2/c1-18-11-13-20(14-12-18)26-16-15-24-23(25)21-9-5-6-10-22(21)27-17-19-7-3-2-4-8-19/h2-14H,15-17H2,1H3,(H,24,25). The number of nitrogens with one attached hydrogen (secondary N) is 1. The zero-order chi connectivity index (χ0) is 18.9. The Hall–Kier alpha value is -2.17. The molecule has 1 N–H and O–H groups in total. The minimum Gasteiger partial charge on any atom is -0.351 e. The number of carbonyl (C=O) groups is 1. The van der Waals surface area contributed by atoms with Crippen molar-refractivity contribution in [1.29, 1.82) is 0 Å². The zero-order valence-electron chi connectivity index (χ0n) is 15.4. The van der Waals surface area contributed by atoms with Crippen LogP contribution in [0.2, 0.25) is 0 Å². The molecule has 1 amide bonds. The number of thioether (sulfide) groups is 2. The average Bonchev–Trinajstić information content (AvgIpc) is 2.72. The van der Waals surface area contributed by atoms with E-state index in [1.54, 1.807) is 23.5 Å². The van der Waals surface area contributed by atoms with Crippen LogP contribution in [-0.2, 0) is 5.75 Å². The lowest BCUT2D eigenvalue weighted by Crippen LogP contribution is -2.26. The van der Waals surface area contributed by atoms with Gasteiger partial charge in [0.15, 0.2) is 0 Å². The van der Waals surface area contributed by atoms with Crippen molar-refractivity contribution in [2.75, 3.05) is 12.3 Å². The number of carbonyl (C=O) groups excluding carboxylic acids is 1. The summed E-state index contributed by atoms with van der Waals surface area (Å²) in [7, 11) is 0. The van der Waals surface area contributed by atoms with Crippen molar-refractivity contribution >= 4 is 29.4 Å². The Morgan fingerprint density at radius 2 is 1.56 bits per heavy atom. The fourth-order valence-corrected chi connectivity index (χ4v) is 4.35. The summed E-state index contributed by atoms with van der Waals surface area (Å²) in [6, 6.07) is 26.6. The Kier molecular flexibility index (Phi) is 7.43. The largest absolute Gasteiger partial charge is 0.351 e. The Balaban J connectivity index is 1.51. The fraction of sp³-hybridized carbons (Fsp3) is 0.174. The van der Waals surface area contributed by atoms with E-state index >= 15 is 0 Å². The molecule has 0 aliphatic carbocycles. The van der Waals surface area contributed by atoms with E-state index in [2.05, 4.69) is 48.6 Å². The molecule has 0 saturated carbocycles. The second-order valence-corrected chi connectivity index (χ2v) is 8.37. The molecule has 0 heterocycles. The summed E-state index contributed by atoms with van der Waals surface area (Å²) in [6.45, 7) is 2.73. The van der Waals surface area contributed by atoms with Crippen LogP contribution in [-0.4, -0.2) is 18.2 Å². The maximum Gasteiger partial charge on any atom is 0.252 e. The van der Waals surface area contributed by atoms with Crippen molar-refractivity contribution in [3.63, 3.8) is 0 Å². The fourth-order valence-electron chi connectivity index (χ4n) is 2.58. The topological polar surface area (TPSA) is 29.1 Å². The molecule has 0 unspecified atom stereocenters. The van der Waals surface area contributed by atoms with Crippen molar-refractivity contribution in [3.05, 3.63) is 95.6 Å². The smallest absolute Gasteiger partial charge is 0.252 e. The van der Waals surface area contributed by atoms with E-state index in [0.29, 0.717) is 6.54 Å². The van der Waals surface area contributed by atoms with Crippen LogP contribution in [0, 0.1) is 6.92 Å². The van der Waals surface area contributed by atoms with Crippen LogP contribution >= 0.6 is 23.5 Å². The highest BCUT2D eigenvalue weighted by Crippen LogP contribution is 2.26. The first-order valence-corrected chi connectivity index (χ1v) is 10.9. The van der Waals surface area contributed by atoms with Gasteiger partial charge in [0.05, 0.1) is 5.56 Å². The average molecular weight is 394 g/mol. The summed E-state index contributed by atoms with van der Waals surface area (Å²) in [6.07, 6.45) is 0. The number of hydrogen-bond acceptors (Lipinski definition) is 3. The van der Waals surface area contributed by atoms with Gasteiger partial charge in [-0.2, -0.15) is 0 Å². The van der Waals surface area contributed by atoms with Gasteiger partial charge in [0.2, 0.25) is 0 Å². The van der Waals surface area contributed by atoms with Crippen molar-refractivity contribution in [2.24, 2.45) is 0 Å². The quantitative estimate of drug-likeness (QED) is 0.387. The van der Waals surface area contributed by atoms with Gasteiger partial charge in [0.25, 0.3) is 5.91 Å². The Labute approximate surface area is 169 Å². The van der Waals surface area contributed by atoms with Crippen LogP contribution in [0.5, 0.6) is 0 Å². The molecule has 0 aliphatic heterocycles. The van der Waals surface area contributed by atoms with Gasteiger partial charge in [-0.15, -0.1) is 23.5 Å². The Bertz CT molecular complexity index is 863. The van der Waals surface area contributed by atoms with Crippen LogP contribution in [0.25, 0.3) is 0 Å². The molecule has 3 aromatic rings. The third-order valence-electron chi connectivity index (χ3n) is 4.05. The maximum atomic E-state index is 12.6. The van der Waals surface area contributed by atoms with Gasteiger partial charge in [-0.05, 0) is 36.8 Å². The molecule has 0 radical (unpaired) electrons. The molecule has 0 bridgehead atoms. The van der Waals surface area contributed by atoms with Crippen LogP contribution < -0.4 is 5.32 Å². The molecule has 4 heteroatoms. The van der Waals surface area contributed by atoms with E-state index in [9.17, 15) is 4.79 Å². The highest BCUT2D eigenvalue weighted by Gasteiger charge is 2.11. The van der Waals surface area contributed by atoms with Gasteiger partial charge in [-0.25, -0.2) is 0 Å². The molecular weight excluding hydrogens is 370 g/mol. The minimum atomic E-state index is -0.00401. The van der Waals surface area contributed by atoms with Gasteiger partial charge in [-0.1, -0.05) is 60.2 Å². The summed E-state index contributed by atoms with van der Waals surface area (Å²) in [5, 5.41) is 3.05. The Morgan fingerprint density at radius 1 is 0.852 bits per heavy atom. The van der Waals surface area contributed by atoms with Gasteiger partial charge in [0.1, 0.15) is 0 Å². The van der Waals surface area contributed by atoms with E-state index in [0.717, 1.165) is 22.0 Å². The Morgan fingerprint density at radius 3 is 2.33 bits per heavy atom. The lowest BCUT2D eigenvalue weighted by molar-refractivity contribution is 0.0953. The summed E-state index contributed by atoms with van der Waals surface area (Å²) in [5.41, 5.74) is 3.27. The van der Waals surface area contributed by atoms with Gasteiger partial charge >= 0.3 is 0 Å². The summed E-state index contributed by atoms with van der Waals surface area (Å²) < 4.78 is 0. The number of rotatable bonds is 8. The first-order chi connectivity index (χ1) is 13.2. The molecule has 0 aliphatic rings. The van der Waals surface area contributed by atoms with Crippen LogP contribution in [0.15, 0.2) is 88.7 Å². The van der Waals surface area contributed by atoms with E-state index in [1.165, 1.54) is 16.0 Å². The summed E-state index contributed by atoms with van der Waals surface area (Å²) >= 11 is 3.46. The van der Waals surface area contributed by atoms with Crippen molar-refractivity contribution in [3.8, 4) is 0 Å². The normalized spacial score (nSPS) is 10.6. The minimum absolute atomic E-state index is 0.00401. The molecule has 0 atom stereocenters. The van der Waals surface area contributed by atoms with E-state index < -0.39 is 0 Å². The number of hydrogen-bond donors (Lipinski definition) is 1. The summed E-state index contributed by atoms with van der Waals surface area (Å²) in [4.78, 5) is 14.8. The first kappa shape index (κ1) is 19.6. The molecule has 2 nitrogen and oxygen atoms in total. The molecule has 0 fully saturated rings. The van der Waals surface area contributed by atoms with Gasteiger partial charge in [0, 0.05) is 27.8 Å². The highest BCUT2D eigenvalue weighted by molar-refractivity contribution is 7.99. The lowest BCUT2D eigenvalue weighted by Gasteiger charge is -2.10. The maximum absolute atomic E-state index is 12.6. The molecular formula is C23H23NOS2. The van der Waals surface area contributed by atoms with Crippen LogP contribution in [0.1, 0.15) is 21.5 Å². The van der Waals surface area contributed by atoms with E-state index in [-0.39, 0.29) is 5.91 Å². The highest BCUT2D eigenvalue weighted by atomic mass is 32.2. The second kappa shape index (κ2) is 10.2. The molecule has 3 rings (SSSR count). The molecule has 0 aromatic heterocycles. The number of benzene rings is 3. The predicted molar refractivity (Wildman–Crippen MR) is 117 cm³/mol. The molecule has 27 heavy (non-hydrogen) atoms. The van der Waals surface area contributed by atoms with Gasteiger partial charge in [-0.3, -0.25) is 4.79 Å². The SMILES string of the molecule is Cc1ccc(SCCNC(=O)c2ccccc2SCc2ccccc2)cc1.